The summed E-state index contributed by atoms with van der Waals surface area (Å²) in [6, 6.07) is 9.16. The summed E-state index contributed by atoms with van der Waals surface area (Å²) in [5, 5.41) is 11.9. The molecule has 0 unspecified atom stereocenters. The van der Waals surface area contributed by atoms with E-state index >= 15 is 0 Å². The molecule has 1 aromatic carbocycles. The van der Waals surface area contributed by atoms with E-state index in [1.165, 1.54) is 0 Å². The Kier molecular flexibility index (Phi) is 8.16. The van der Waals surface area contributed by atoms with E-state index in [2.05, 4.69) is 19.2 Å². The van der Waals surface area contributed by atoms with Crippen molar-refractivity contribution >= 4 is 17.7 Å². The molecule has 134 valence electrons. The first-order valence-electron chi connectivity index (χ1n) is 8.09. The normalized spacial score (nSPS) is 11.0. The molecule has 0 radical (unpaired) electrons. The van der Waals surface area contributed by atoms with Gasteiger partial charge in [0.15, 0.2) is 0 Å². The molecule has 0 saturated carbocycles. The molecule has 0 aliphatic heterocycles. The highest BCUT2D eigenvalue weighted by molar-refractivity contribution is 6.06. The van der Waals surface area contributed by atoms with Crippen LogP contribution in [0.2, 0.25) is 0 Å². The third kappa shape index (κ3) is 6.28. The van der Waals surface area contributed by atoms with Crippen LogP contribution in [0.25, 0.3) is 0 Å². The molecule has 0 aliphatic rings. The van der Waals surface area contributed by atoms with Crippen molar-refractivity contribution in [3.05, 3.63) is 41.6 Å². The summed E-state index contributed by atoms with van der Waals surface area (Å²) in [6.45, 7) is 6.31. The molecule has 3 N–H and O–H groups in total. The molecular weight excluding hydrogens is 320 g/mol. The summed E-state index contributed by atoms with van der Waals surface area (Å²) in [4.78, 5) is 25.2. The Bertz CT molecular complexity index is 660. The fourth-order valence-corrected chi connectivity index (χ4v) is 2.00. The van der Waals surface area contributed by atoms with E-state index in [1.54, 1.807) is 25.1 Å². The lowest BCUT2D eigenvalue weighted by atomic mass is 10.0. The van der Waals surface area contributed by atoms with Crippen LogP contribution in [0.15, 0.2) is 36.0 Å². The van der Waals surface area contributed by atoms with Gasteiger partial charge < -0.3 is 15.8 Å². The van der Waals surface area contributed by atoms with Crippen LogP contribution in [-0.4, -0.2) is 36.6 Å². The van der Waals surface area contributed by atoms with Gasteiger partial charge in [-0.15, -0.1) is 0 Å². The highest BCUT2D eigenvalue weighted by atomic mass is 16.6. The van der Waals surface area contributed by atoms with Crippen LogP contribution < -0.4 is 11.1 Å². The second kappa shape index (κ2) is 10.1. The second-order valence-corrected chi connectivity index (χ2v) is 5.57. The van der Waals surface area contributed by atoms with Crippen LogP contribution in [0.5, 0.6) is 0 Å². The van der Waals surface area contributed by atoms with Crippen molar-refractivity contribution in [3.8, 4) is 6.07 Å². The van der Waals surface area contributed by atoms with E-state index in [-0.39, 0.29) is 25.3 Å². The maximum atomic E-state index is 12.3. The van der Waals surface area contributed by atoms with E-state index in [9.17, 15) is 14.9 Å². The first kappa shape index (κ1) is 20.2. The molecule has 0 bridgehead atoms. The number of anilines is 1. The second-order valence-electron chi connectivity index (χ2n) is 5.57. The van der Waals surface area contributed by atoms with Gasteiger partial charge in [-0.1, -0.05) is 26.0 Å². The van der Waals surface area contributed by atoms with E-state index in [1.807, 2.05) is 12.1 Å². The number of hydrogen-bond donors (Lipinski definition) is 2. The number of carbonyl (C=O) groups is 2. The highest BCUT2D eigenvalue weighted by Crippen LogP contribution is 2.17. The van der Waals surface area contributed by atoms with Crippen LogP contribution in [0.3, 0.4) is 0 Å². The number of carbonyl (C=O) groups excluding carboxylic acids is 2. The SMILES string of the molecule is CCOC(=O)N(/C=C(/C#N)C(=O)Nc1ccc(C(C)C)cc1)CCN. The quantitative estimate of drug-likeness (QED) is 0.584. The van der Waals surface area contributed by atoms with Gasteiger partial charge >= 0.3 is 6.09 Å². The van der Waals surface area contributed by atoms with Crippen molar-refractivity contribution in [2.24, 2.45) is 5.73 Å². The molecule has 25 heavy (non-hydrogen) atoms. The average Bonchev–Trinajstić information content (AvgIpc) is 2.59. The molecule has 7 heteroatoms. The third-order valence-electron chi connectivity index (χ3n) is 3.36. The van der Waals surface area contributed by atoms with Gasteiger partial charge in [-0.25, -0.2) is 4.79 Å². The zero-order chi connectivity index (χ0) is 18.8. The Morgan fingerprint density at radius 3 is 2.48 bits per heavy atom. The summed E-state index contributed by atoms with van der Waals surface area (Å²) >= 11 is 0. The fourth-order valence-electron chi connectivity index (χ4n) is 2.00. The molecule has 2 amide bonds. The maximum Gasteiger partial charge on any atom is 0.413 e. The topological polar surface area (TPSA) is 108 Å². The number of nitrogens with one attached hydrogen (secondary N) is 1. The van der Waals surface area contributed by atoms with E-state index < -0.39 is 12.0 Å². The molecule has 0 aromatic heterocycles. The molecule has 0 saturated heterocycles. The number of amides is 2. The van der Waals surface area contributed by atoms with Gasteiger partial charge in [0.1, 0.15) is 11.6 Å². The summed E-state index contributed by atoms with van der Waals surface area (Å²) in [5.74, 6) is -0.222. The largest absolute Gasteiger partial charge is 0.449 e. The minimum Gasteiger partial charge on any atom is -0.449 e. The lowest BCUT2D eigenvalue weighted by Crippen LogP contribution is -2.32. The van der Waals surface area contributed by atoms with Gasteiger partial charge in [-0.05, 0) is 30.5 Å². The van der Waals surface area contributed by atoms with Crippen molar-refractivity contribution in [2.75, 3.05) is 25.0 Å². The Balaban J connectivity index is 2.90. The Morgan fingerprint density at radius 2 is 2.00 bits per heavy atom. The van der Waals surface area contributed by atoms with Crippen molar-refractivity contribution in [1.29, 1.82) is 5.26 Å². The molecule has 0 aliphatic carbocycles. The molecule has 0 spiro atoms. The van der Waals surface area contributed by atoms with Crippen LogP contribution in [0, 0.1) is 11.3 Å². The van der Waals surface area contributed by atoms with Gasteiger partial charge in [0.05, 0.1) is 6.61 Å². The number of hydrogen-bond acceptors (Lipinski definition) is 5. The van der Waals surface area contributed by atoms with Crippen LogP contribution >= 0.6 is 0 Å². The van der Waals surface area contributed by atoms with Gasteiger partial charge in [0.25, 0.3) is 5.91 Å². The zero-order valence-corrected chi connectivity index (χ0v) is 14.8. The fraction of sp³-hybridized carbons (Fsp3) is 0.389. The molecule has 1 rings (SSSR count). The predicted octanol–water partition coefficient (Wildman–Crippen LogP) is 2.57. The van der Waals surface area contributed by atoms with Crippen LogP contribution in [-0.2, 0) is 9.53 Å². The first-order valence-corrected chi connectivity index (χ1v) is 8.09. The van der Waals surface area contributed by atoms with Gasteiger partial charge in [-0.2, -0.15) is 5.26 Å². The molecule has 0 heterocycles. The molecular formula is C18H24N4O3. The predicted molar refractivity (Wildman–Crippen MR) is 95.6 cm³/mol. The van der Waals surface area contributed by atoms with Crippen molar-refractivity contribution in [2.45, 2.75) is 26.7 Å². The Morgan fingerprint density at radius 1 is 1.36 bits per heavy atom. The van der Waals surface area contributed by atoms with Crippen LogP contribution in [0.1, 0.15) is 32.3 Å². The molecule has 0 atom stereocenters. The maximum absolute atomic E-state index is 12.3. The van der Waals surface area contributed by atoms with Gasteiger partial charge in [0, 0.05) is 25.0 Å². The van der Waals surface area contributed by atoms with Crippen LogP contribution in [0.4, 0.5) is 10.5 Å². The monoisotopic (exact) mass is 344 g/mol. The number of rotatable bonds is 7. The summed E-state index contributed by atoms with van der Waals surface area (Å²) in [7, 11) is 0. The molecule has 0 fully saturated rings. The summed E-state index contributed by atoms with van der Waals surface area (Å²) < 4.78 is 4.88. The Hall–Kier alpha value is -2.85. The summed E-state index contributed by atoms with van der Waals surface area (Å²) in [6.07, 6.45) is 0.498. The lowest BCUT2D eigenvalue weighted by molar-refractivity contribution is -0.112. The minimum atomic E-state index is -0.658. The van der Waals surface area contributed by atoms with Gasteiger partial charge in [0.2, 0.25) is 0 Å². The molecule has 7 nitrogen and oxygen atoms in total. The van der Waals surface area contributed by atoms with Crippen molar-refractivity contribution in [1.82, 2.24) is 4.90 Å². The third-order valence-corrected chi connectivity index (χ3v) is 3.36. The first-order chi connectivity index (χ1) is 11.9. The van der Waals surface area contributed by atoms with Crippen molar-refractivity contribution in [3.63, 3.8) is 0 Å². The van der Waals surface area contributed by atoms with Crippen molar-refractivity contribution < 1.29 is 14.3 Å². The Labute approximate surface area is 148 Å². The van der Waals surface area contributed by atoms with E-state index in [0.717, 1.165) is 16.7 Å². The lowest BCUT2D eigenvalue weighted by Gasteiger charge is -2.17. The van der Waals surface area contributed by atoms with Gasteiger partial charge in [-0.3, -0.25) is 9.69 Å². The average molecular weight is 344 g/mol. The number of nitriles is 1. The van der Waals surface area contributed by atoms with E-state index in [0.29, 0.717) is 11.6 Å². The standard InChI is InChI=1S/C18H24N4O3/c1-4-25-18(24)22(10-9-19)12-15(11-20)17(23)21-16-7-5-14(6-8-16)13(2)3/h5-8,12-13H,4,9-10,19H2,1-3H3,(H,21,23)/b15-12-. The summed E-state index contributed by atoms with van der Waals surface area (Å²) in [5.41, 5.74) is 6.95. The van der Waals surface area contributed by atoms with E-state index in [4.69, 9.17) is 10.5 Å². The number of ether oxygens (including phenoxy) is 1. The number of nitrogens with zero attached hydrogens (tertiary/aromatic N) is 2. The highest BCUT2D eigenvalue weighted by Gasteiger charge is 2.16. The number of benzene rings is 1. The minimum absolute atomic E-state index is 0.139. The zero-order valence-electron chi connectivity index (χ0n) is 14.8. The number of nitrogens with two attached hydrogens (primary N) is 1. The molecule has 1 aromatic rings. The smallest absolute Gasteiger partial charge is 0.413 e.